The molecule has 0 fully saturated rings. The van der Waals surface area contributed by atoms with Crippen LogP contribution in [0.25, 0.3) is 0 Å². The van der Waals surface area contributed by atoms with Crippen LogP contribution in [0.5, 0.6) is 0 Å². The van der Waals surface area contributed by atoms with E-state index in [-0.39, 0.29) is 11.8 Å². The van der Waals surface area contributed by atoms with Crippen LogP contribution in [0.1, 0.15) is 23.7 Å². The molecule has 3 rings (SSSR count). The van der Waals surface area contributed by atoms with Gasteiger partial charge in [0.15, 0.2) is 0 Å². The molecule has 148 valence electrons. The van der Waals surface area contributed by atoms with Crippen molar-refractivity contribution < 1.29 is 9.59 Å². The quantitative estimate of drug-likeness (QED) is 0.645. The molecule has 2 amide bonds. The Balaban J connectivity index is 1.81. The molecule has 1 atom stereocenters. The molecule has 0 saturated heterocycles. The molecule has 2 aromatic carbocycles. The molecule has 0 saturated carbocycles. The molecule has 5 heteroatoms. The van der Waals surface area contributed by atoms with Gasteiger partial charge in [-0.05, 0) is 23.3 Å². The van der Waals surface area contributed by atoms with Crippen LogP contribution in [0.4, 0.5) is 0 Å². The zero-order chi connectivity index (χ0) is 20.5. The predicted molar refractivity (Wildman–Crippen MR) is 113 cm³/mol. The summed E-state index contributed by atoms with van der Waals surface area (Å²) in [5.41, 5.74) is 2.76. The summed E-state index contributed by atoms with van der Waals surface area (Å²) < 4.78 is 0. The van der Waals surface area contributed by atoms with Gasteiger partial charge in [0.1, 0.15) is 6.04 Å². The van der Waals surface area contributed by atoms with Gasteiger partial charge in [-0.1, -0.05) is 66.7 Å². The first-order valence-corrected chi connectivity index (χ1v) is 9.66. The molecule has 0 bridgehead atoms. The SMILES string of the molecule is CC(=O)N(Cc1ccccc1)[C@@H](Cc1ccccc1)C(=O)NCc1ccccn1. The second-order valence-corrected chi connectivity index (χ2v) is 6.88. The van der Waals surface area contributed by atoms with Gasteiger partial charge in [0, 0.05) is 26.1 Å². The average molecular weight is 387 g/mol. The molecule has 3 aromatic rings. The molecule has 1 aromatic heterocycles. The number of nitrogens with zero attached hydrogens (tertiary/aromatic N) is 2. The number of hydrogen-bond donors (Lipinski definition) is 1. The van der Waals surface area contributed by atoms with Crippen LogP contribution in [-0.2, 0) is 29.1 Å². The minimum Gasteiger partial charge on any atom is -0.349 e. The number of carbonyl (C=O) groups excluding carboxylic acids is 2. The highest BCUT2D eigenvalue weighted by Crippen LogP contribution is 2.14. The first-order valence-electron chi connectivity index (χ1n) is 9.66. The van der Waals surface area contributed by atoms with E-state index in [1.165, 1.54) is 6.92 Å². The van der Waals surface area contributed by atoms with Crippen LogP contribution >= 0.6 is 0 Å². The summed E-state index contributed by atoms with van der Waals surface area (Å²) in [5, 5.41) is 2.95. The Kier molecular flexibility index (Phi) is 7.11. The minimum absolute atomic E-state index is 0.136. The van der Waals surface area contributed by atoms with Gasteiger partial charge in [-0.2, -0.15) is 0 Å². The van der Waals surface area contributed by atoms with Crippen molar-refractivity contribution in [2.75, 3.05) is 0 Å². The number of benzene rings is 2. The number of nitrogens with one attached hydrogen (secondary N) is 1. The van der Waals surface area contributed by atoms with Crippen molar-refractivity contribution in [3.63, 3.8) is 0 Å². The van der Waals surface area contributed by atoms with Crippen molar-refractivity contribution in [3.05, 3.63) is 102 Å². The van der Waals surface area contributed by atoms with E-state index in [1.807, 2.05) is 78.9 Å². The Morgan fingerprint density at radius 2 is 1.52 bits per heavy atom. The van der Waals surface area contributed by atoms with Gasteiger partial charge in [0.25, 0.3) is 0 Å². The maximum Gasteiger partial charge on any atom is 0.243 e. The highest BCUT2D eigenvalue weighted by molar-refractivity contribution is 5.87. The molecule has 0 spiro atoms. The Morgan fingerprint density at radius 3 is 2.10 bits per heavy atom. The zero-order valence-corrected chi connectivity index (χ0v) is 16.5. The minimum atomic E-state index is -0.612. The van der Waals surface area contributed by atoms with Crippen LogP contribution in [0, 0.1) is 0 Å². The predicted octanol–water partition coefficient (Wildman–Crippen LogP) is 3.36. The number of amides is 2. The lowest BCUT2D eigenvalue weighted by Crippen LogP contribution is -2.49. The van der Waals surface area contributed by atoms with E-state index in [0.717, 1.165) is 16.8 Å². The van der Waals surface area contributed by atoms with Crippen molar-refractivity contribution >= 4 is 11.8 Å². The third kappa shape index (κ3) is 6.01. The molecule has 0 aliphatic heterocycles. The fraction of sp³-hybridized carbons (Fsp3) is 0.208. The summed E-state index contributed by atoms with van der Waals surface area (Å²) in [4.78, 5) is 31.5. The summed E-state index contributed by atoms with van der Waals surface area (Å²) in [7, 11) is 0. The number of carbonyl (C=O) groups is 2. The number of rotatable bonds is 8. The van der Waals surface area contributed by atoms with Crippen molar-refractivity contribution in [3.8, 4) is 0 Å². The van der Waals surface area contributed by atoms with E-state index in [2.05, 4.69) is 10.3 Å². The molecular formula is C24H25N3O2. The first-order chi connectivity index (χ1) is 14.1. The standard InChI is InChI=1S/C24H25N3O2/c1-19(28)27(18-21-12-6-3-7-13-21)23(16-20-10-4-2-5-11-20)24(29)26-17-22-14-8-9-15-25-22/h2-15,23H,16-18H2,1H3,(H,26,29)/t23-/m0/s1. The van der Waals surface area contributed by atoms with Crippen molar-refractivity contribution in [1.82, 2.24) is 15.2 Å². The molecule has 29 heavy (non-hydrogen) atoms. The molecule has 5 nitrogen and oxygen atoms in total. The molecule has 0 aliphatic carbocycles. The van der Waals surface area contributed by atoms with Crippen LogP contribution in [0.3, 0.4) is 0 Å². The largest absolute Gasteiger partial charge is 0.349 e. The normalized spacial score (nSPS) is 11.5. The molecule has 1 heterocycles. The maximum absolute atomic E-state index is 13.1. The van der Waals surface area contributed by atoms with Gasteiger partial charge in [0.2, 0.25) is 11.8 Å². The van der Waals surface area contributed by atoms with Gasteiger partial charge in [0.05, 0.1) is 12.2 Å². The number of aromatic nitrogens is 1. The number of hydrogen-bond acceptors (Lipinski definition) is 3. The summed E-state index contributed by atoms with van der Waals surface area (Å²) in [5.74, 6) is -0.326. The second-order valence-electron chi connectivity index (χ2n) is 6.88. The van der Waals surface area contributed by atoms with E-state index in [4.69, 9.17) is 0 Å². The van der Waals surface area contributed by atoms with E-state index >= 15 is 0 Å². The van der Waals surface area contributed by atoms with Crippen molar-refractivity contribution in [2.45, 2.75) is 32.5 Å². The van der Waals surface area contributed by atoms with Crippen LogP contribution in [0.2, 0.25) is 0 Å². The first kappa shape index (κ1) is 20.3. The Labute approximate surface area is 171 Å². The van der Waals surface area contributed by atoms with Gasteiger partial charge in [-0.3, -0.25) is 14.6 Å². The molecule has 0 unspecified atom stereocenters. The van der Waals surface area contributed by atoms with Crippen LogP contribution < -0.4 is 5.32 Å². The van der Waals surface area contributed by atoms with Gasteiger partial charge in [-0.25, -0.2) is 0 Å². The second kappa shape index (κ2) is 10.2. The Bertz CT molecular complexity index is 915. The fourth-order valence-corrected chi connectivity index (χ4v) is 3.20. The van der Waals surface area contributed by atoms with Crippen LogP contribution in [0.15, 0.2) is 85.1 Å². The molecule has 0 radical (unpaired) electrons. The fourth-order valence-electron chi connectivity index (χ4n) is 3.20. The third-order valence-electron chi connectivity index (χ3n) is 4.72. The molecule has 1 N–H and O–H groups in total. The lowest BCUT2D eigenvalue weighted by molar-refractivity contribution is -0.139. The van der Waals surface area contributed by atoms with Gasteiger partial charge < -0.3 is 10.2 Å². The lowest BCUT2D eigenvalue weighted by atomic mass is 10.0. The Hall–Kier alpha value is -3.47. The summed E-state index contributed by atoms with van der Waals surface area (Å²) in [6.45, 7) is 2.21. The van der Waals surface area contributed by atoms with Gasteiger partial charge in [-0.15, -0.1) is 0 Å². The lowest BCUT2D eigenvalue weighted by Gasteiger charge is -2.30. The summed E-state index contributed by atoms with van der Waals surface area (Å²) in [6.07, 6.45) is 2.14. The van der Waals surface area contributed by atoms with Crippen molar-refractivity contribution in [1.29, 1.82) is 0 Å². The average Bonchev–Trinajstić information content (AvgIpc) is 2.76. The highest BCUT2D eigenvalue weighted by atomic mass is 16.2. The van der Waals surface area contributed by atoms with E-state index in [9.17, 15) is 9.59 Å². The van der Waals surface area contributed by atoms with Crippen molar-refractivity contribution in [2.24, 2.45) is 0 Å². The van der Waals surface area contributed by atoms with E-state index < -0.39 is 6.04 Å². The third-order valence-corrected chi connectivity index (χ3v) is 4.72. The van der Waals surface area contributed by atoms with Crippen LogP contribution in [-0.4, -0.2) is 27.7 Å². The molecular weight excluding hydrogens is 362 g/mol. The van der Waals surface area contributed by atoms with E-state index in [1.54, 1.807) is 11.1 Å². The molecule has 0 aliphatic rings. The smallest absolute Gasteiger partial charge is 0.243 e. The summed E-state index contributed by atoms with van der Waals surface area (Å²) in [6, 6.07) is 24.4. The Morgan fingerprint density at radius 1 is 0.897 bits per heavy atom. The highest BCUT2D eigenvalue weighted by Gasteiger charge is 2.28. The topological polar surface area (TPSA) is 62.3 Å². The number of pyridine rings is 1. The zero-order valence-electron chi connectivity index (χ0n) is 16.5. The van der Waals surface area contributed by atoms with E-state index in [0.29, 0.717) is 19.5 Å². The monoisotopic (exact) mass is 387 g/mol. The summed E-state index contributed by atoms with van der Waals surface area (Å²) >= 11 is 0. The maximum atomic E-state index is 13.1. The van der Waals surface area contributed by atoms with Gasteiger partial charge >= 0.3 is 0 Å².